The van der Waals surface area contributed by atoms with Gasteiger partial charge in [-0.2, -0.15) is 0 Å². The van der Waals surface area contributed by atoms with Crippen molar-refractivity contribution in [2.75, 3.05) is 12.4 Å². The van der Waals surface area contributed by atoms with Gasteiger partial charge in [0.2, 0.25) is 0 Å². The van der Waals surface area contributed by atoms with Gasteiger partial charge in [0, 0.05) is 18.5 Å². The van der Waals surface area contributed by atoms with Gasteiger partial charge < -0.3 is 10.6 Å². The average molecular weight is 285 g/mol. The third-order valence-electron chi connectivity index (χ3n) is 3.78. The van der Waals surface area contributed by atoms with Crippen LogP contribution in [0.4, 0.5) is 5.82 Å². The van der Waals surface area contributed by atoms with Crippen molar-refractivity contribution in [2.24, 2.45) is 5.92 Å². The zero-order chi connectivity index (χ0) is 15.4. The minimum atomic E-state index is -0.0364. The second-order valence-corrected chi connectivity index (χ2v) is 5.55. The van der Waals surface area contributed by atoms with Crippen LogP contribution < -0.4 is 10.6 Å². The van der Waals surface area contributed by atoms with E-state index in [9.17, 15) is 4.79 Å². The molecule has 1 heterocycles. The molecule has 0 radical (unpaired) electrons. The fourth-order valence-electron chi connectivity index (χ4n) is 2.48. The van der Waals surface area contributed by atoms with Gasteiger partial charge in [0.25, 0.3) is 5.91 Å². The standard InChI is InChI=1S/C17H23N3O/c1-5-14(11(2)3)20-17(21)13-10-16(18-4)19-15-9-7-6-8-12(13)15/h6-11,14H,5H2,1-4H3,(H,18,19)(H,20,21). The first-order chi connectivity index (χ1) is 10.1. The summed E-state index contributed by atoms with van der Waals surface area (Å²) in [5, 5.41) is 7.03. The molecule has 0 aliphatic rings. The Balaban J connectivity index is 2.42. The summed E-state index contributed by atoms with van der Waals surface area (Å²) in [6.45, 7) is 6.34. The van der Waals surface area contributed by atoms with Crippen LogP contribution in [0.3, 0.4) is 0 Å². The number of amides is 1. The lowest BCUT2D eigenvalue weighted by Crippen LogP contribution is -2.38. The number of pyridine rings is 1. The van der Waals surface area contributed by atoms with Gasteiger partial charge in [-0.15, -0.1) is 0 Å². The predicted octanol–water partition coefficient (Wildman–Crippen LogP) is 3.44. The van der Waals surface area contributed by atoms with Crippen LogP contribution in [0.5, 0.6) is 0 Å². The Kier molecular flexibility index (Phi) is 4.78. The second-order valence-electron chi connectivity index (χ2n) is 5.55. The lowest BCUT2D eigenvalue weighted by atomic mass is 10.0. The van der Waals surface area contributed by atoms with Crippen LogP contribution in [0.1, 0.15) is 37.6 Å². The Labute approximate surface area is 126 Å². The number of benzene rings is 1. The molecule has 0 fully saturated rings. The molecule has 4 nitrogen and oxygen atoms in total. The Morgan fingerprint density at radius 1 is 1.29 bits per heavy atom. The van der Waals surface area contributed by atoms with Gasteiger partial charge in [-0.3, -0.25) is 4.79 Å². The molecule has 2 N–H and O–H groups in total. The maximum atomic E-state index is 12.6. The molecule has 112 valence electrons. The van der Waals surface area contributed by atoms with E-state index in [2.05, 4.69) is 36.4 Å². The summed E-state index contributed by atoms with van der Waals surface area (Å²) in [6, 6.07) is 9.71. The number of carbonyl (C=O) groups excluding carboxylic acids is 1. The molecule has 2 aromatic rings. The number of carbonyl (C=O) groups is 1. The number of para-hydroxylation sites is 1. The summed E-state index contributed by atoms with van der Waals surface area (Å²) in [6.07, 6.45) is 0.922. The molecular weight excluding hydrogens is 262 g/mol. The summed E-state index contributed by atoms with van der Waals surface area (Å²) < 4.78 is 0. The molecule has 0 bridgehead atoms. The maximum absolute atomic E-state index is 12.6. The van der Waals surface area contributed by atoms with Crippen molar-refractivity contribution in [1.29, 1.82) is 0 Å². The third-order valence-corrected chi connectivity index (χ3v) is 3.78. The largest absolute Gasteiger partial charge is 0.373 e. The number of anilines is 1. The minimum Gasteiger partial charge on any atom is -0.373 e. The highest BCUT2D eigenvalue weighted by molar-refractivity contribution is 6.07. The van der Waals surface area contributed by atoms with E-state index in [1.165, 1.54) is 0 Å². The molecule has 0 aliphatic carbocycles. The van der Waals surface area contributed by atoms with E-state index < -0.39 is 0 Å². The Hall–Kier alpha value is -2.10. The topological polar surface area (TPSA) is 54.0 Å². The Morgan fingerprint density at radius 3 is 2.62 bits per heavy atom. The molecule has 1 amide bonds. The van der Waals surface area contributed by atoms with Crippen LogP contribution in [0.25, 0.3) is 10.9 Å². The van der Waals surface area contributed by atoms with Gasteiger partial charge in [0.05, 0.1) is 11.1 Å². The predicted molar refractivity (Wildman–Crippen MR) is 87.7 cm³/mol. The van der Waals surface area contributed by atoms with Gasteiger partial charge in [0.15, 0.2) is 0 Å². The number of nitrogens with zero attached hydrogens (tertiary/aromatic N) is 1. The quantitative estimate of drug-likeness (QED) is 0.884. The van der Waals surface area contributed by atoms with Crippen molar-refractivity contribution in [2.45, 2.75) is 33.2 Å². The van der Waals surface area contributed by atoms with Crippen molar-refractivity contribution in [3.05, 3.63) is 35.9 Å². The number of aromatic nitrogens is 1. The van der Waals surface area contributed by atoms with Crippen molar-refractivity contribution in [3.63, 3.8) is 0 Å². The molecule has 0 saturated heterocycles. The molecule has 0 saturated carbocycles. The van der Waals surface area contributed by atoms with E-state index in [0.29, 0.717) is 17.3 Å². The lowest BCUT2D eigenvalue weighted by Gasteiger charge is -2.21. The lowest BCUT2D eigenvalue weighted by molar-refractivity contribution is 0.0926. The Bertz CT molecular complexity index is 637. The molecule has 0 spiro atoms. The van der Waals surface area contributed by atoms with Crippen molar-refractivity contribution in [1.82, 2.24) is 10.3 Å². The molecule has 2 rings (SSSR count). The summed E-state index contributed by atoms with van der Waals surface area (Å²) >= 11 is 0. The van der Waals surface area contributed by atoms with Gasteiger partial charge >= 0.3 is 0 Å². The maximum Gasteiger partial charge on any atom is 0.252 e. The van der Waals surface area contributed by atoms with Gasteiger partial charge in [-0.25, -0.2) is 4.98 Å². The summed E-state index contributed by atoms with van der Waals surface area (Å²) in [4.78, 5) is 17.1. The molecule has 1 aromatic carbocycles. The number of hydrogen-bond acceptors (Lipinski definition) is 3. The summed E-state index contributed by atoms with van der Waals surface area (Å²) in [5.74, 6) is 1.08. The first kappa shape index (κ1) is 15.3. The van der Waals surface area contributed by atoms with Gasteiger partial charge in [0.1, 0.15) is 5.82 Å². The van der Waals surface area contributed by atoms with Crippen molar-refractivity contribution < 1.29 is 4.79 Å². The van der Waals surface area contributed by atoms with Crippen LogP contribution >= 0.6 is 0 Å². The fourth-order valence-corrected chi connectivity index (χ4v) is 2.48. The summed E-state index contributed by atoms with van der Waals surface area (Å²) in [5.41, 5.74) is 1.50. The number of nitrogens with one attached hydrogen (secondary N) is 2. The Morgan fingerprint density at radius 2 is 2.00 bits per heavy atom. The van der Waals surface area contributed by atoms with Crippen LogP contribution in [0.15, 0.2) is 30.3 Å². The summed E-state index contributed by atoms with van der Waals surface area (Å²) in [7, 11) is 1.81. The zero-order valence-electron chi connectivity index (χ0n) is 13.1. The SMILES string of the molecule is CCC(NC(=O)c1cc(NC)nc2ccccc12)C(C)C. The highest BCUT2D eigenvalue weighted by Crippen LogP contribution is 2.21. The van der Waals surface area contributed by atoms with Crippen LogP contribution in [0, 0.1) is 5.92 Å². The van der Waals surface area contributed by atoms with E-state index >= 15 is 0 Å². The van der Waals surface area contributed by atoms with Crippen molar-refractivity contribution >= 4 is 22.6 Å². The third kappa shape index (κ3) is 3.32. The minimum absolute atomic E-state index is 0.0364. The van der Waals surface area contributed by atoms with Crippen molar-refractivity contribution in [3.8, 4) is 0 Å². The van der Waals surface area contributed by atoms with Crippen LogP contribution in [-0.2, 0) is 0 Å². The van der Waals surface area contributed by atoms with Crippen LogP contribution in [0.2, 0.25) is 0 Å². The smallest absolute Gasteiger partial charge is 0.252 e. The van der Waals surface area contributed by atoms with E-state index in [-0.39, 0.29) is 11.9 Å². The fraction of sp³-hybridized carbons (Fsp3) is 0.412. The average Bonchev–Trinajstić information content (AvgIpc) is 2.50. The molecule has 1 atom stereocenters. The number of fused-ring (bicyclic) bond motifs is 1. The number of rotatable bonds is 5. The first-order valence-electron chi connectivity index (χ1n) is 7.45. The van der Waals surface area contributed by atoms with E-state index in [1.54, 1.807) is 0 Å². The van der Waals surface area contributed by atoms with Gasteiger partial charge in [-0.1, -0.05) is 39.0 Å². The van der Waals surface area contributed by atoms with E-state index in [0.717, 1.165) is 17.3 Å². The normalized spacial score (nSPS) is 12.4. The molecule has 21 heavy (non-hydrogen) atoms. The van der Waals surface area contributed by atoms with Crippen LogP contribution in [-0.4, -0.2) is 24.0 Å². The second kappa shape index (κ2) is 6.57. The zero-order valence-corrected chi connectivity index (χ0v) is 13.1. The molecule has 1 unspecified atom stereocenters. The highest BCUT2D eigenvalue weighted by Gasteiger charge is 2.18. The molecular formula is C17H23N3O. The molecule has 0 aliphatic heterocycles. The van der Waals surface area contributed by atoms with Gasteiger partial charge in [-0.05, 0) is 24.5 Å². The molecule has 4 heteroatoms. The van der Waals surface area contributed by atoms with E-state index in [1.807, 2.05) is 37.4 Å². The molecule has 1 aromatic heterocycles. The monoisotopic (exact) mass is 285 g/mol. The first-order valence-corrected chi connectivity index (χ1v) is 7.45. The number of hydrogen-bond donors (Lipinski definition) is 2. The van der Waals surface area contributed by atoms with E-state index in [4.69, 9.17) is 0 Å². The highest BCUT2D eigenvalue weighted by atomic mass is 16.1.